The van der Waals surface area contributed by atoms with Crippen molar-refractivity contribution in [2.24, 2.45) is 5.84 Å². The zero-order chi connectivity index (χ0) is 4.99. The van der Waals surface area contributed by atoms with Crippen molar-refractivity contribution < 1.29 is 4.79 Å². The van der Waals surface area contributed by atoms with Gasteiger partial charge in [0, 0.05) is 0 Å². The zero-order valence-corrected chi connectivity index (χ0v) is 3.83. The van der Waals surface area contributed by atoms with Crippen LogP contribution in [0.4, 0.5) is 0 Å². The maximum Gasteiger partial charge on any atom is 0.248 e. The van der Waals surface area contributed by atoms with Crippen molar-refractivity contribution in [2.75, 3.05) is 5.88 Å². The number of halogens is 1. The van der Waals surface area contributed by atoms with E-state index >= 15 is 0 Å². The minimum Gasteiger partial charge on any atom is -0.293 e. The molecule has 0 bridgehead atoms. The summed E-state index contributed by atoms with van der Waals surface area (Å²) in [5.41, 5.74) is 1.84. The molecule has 0 saturated carbocycles. The number of rotatable bonds is 1. The van der Waals surface area contributed by atoms with Crippen LogP contribution in [0.2, 0.25) is 0 Å². The molecule has 0 aliphatic rings. The third-order valence-corrected chi connectivity index (χ3v) is 0.525. The molecule has 0 spiro atoms. The molecule has 1 amide bonds. The first-order valence-corrected chi connectivity index (χ1v) is 1.90. The maximum atomic E-state index is 9.81. The van der Waals surface area contributed by atoms with Gasteiger partial charge >= 0.3 is 0 Å². The summed E-state index contributed by atoms with van der Waals surface area (Å²) in [5.74, 6) is 4.16. The molecular weight excluding hydrogens is 103 g/mol. The van der Waals surface area contributed by atoms with Crippen molar-refractivity contribution in [3.05, 3.63) is 0 Å². The Morgan fingerprint density at radius 2 is 2.50 bits per heavy atom. The highest BCUT2D eigenvalue weighted by molar-refractivity contribution is 6.27. The molecule has 0 radical (unpaired) electrons. The first kappa shape index (κ1) is 5.72. The number of hydrazine groups is 1. The fourth-order valence-corrected chi connectivity index (χ4v) is 0.116. The molecule has 0 atom stereocenters. The molecule has 3 nitrogen and oxygen atoms in total. The van der Waals surface area contributed by atoms with Gasteiger partial charge in [0.1, 0.15) is 5.88 Å². The highest BCUT2D eigenvalue weighted by atomic mass is 35.5. The molecule has 0 unspecified atom stereocenters. The molecule has 36 valence electrons. The largest absolute Gasteiger partial charge is 0.293 e. The Morgan fingerprint density at radius 3 is 2.50 bits per heavy atom. The van der Waals surface area contributed by atoms with E-state index in [1.165, 1.54) is 0 Å². The average molecular weight is 109 g/mol. The molecule has 0 fully saturated rings. The standard InChI is InChI=1S/C2H5ClN2O/c3-1-2(6)5-4/h1,4H2,(H,5,6). The smallest absolute Gasteiger partial charge is 0.248 e. The molecule has 0 aromatic carbocycles. The van der Waals surface area contributed by atoms with Gasteiger partial charge in [0.05, 0.1) is 0 Å². The lowest BCUT2D eigenvalue weighted by Gasteiger charge is -1.85. The van der Waals surface area contributed by atoms with Crippen molar-refractivity contribution in [1.82, 2.24) is 5.43 Å². The minimum atomic E-state index is -0.364. The van der Waals surface area contributed by atoms with E-state index in [0.29, 0.717) is 0 Å². The van der Waals surface area contributed by atoms with Crippen LogP contribution in [0.5, 0.6) is 0 Å². The molecule has 0 rings (SSSR count). The van der Waals surface area contributed by atoms with E-state index in [2.05, 4.69) is 5.84 Å². The van der Waals surface area contributed by atoms with E-state index in [1.807, 2.05) is 5.43 Å². The van der Waals surface area contributed by atoms with Crippen LogP contribution < -0.4 is 11.3 Å². The predicted molar refractivity (Wildman–Crippen MR) is 23.1 cm³/mol. The number of carbonyl (C=O) groups is 1. The van der Waals surface area contributed by atoms with Gasteiger partial charge in [-0.2, -0.15) is 0 Å². The average Bonchev–Trinajstić information content (AvgIpc) is 1.65. The van der Waals surface area contributed by atoms with E-state index in [4.69, 9.17) is 11.6 Å². The van der Waals surface area contributed by atoms with E-state index in [0.717, 1.165) is 0 Å². The summed E-state index contributed by atoms with van der Waals surface area (Å²) in [4.78, 5) is 9.81. The lowest BCUT2D eigenvalue weighted by molar-refractivity contribution is -0.118. The molecule has 4 heteroatoms. The molecule has 3 N–H and O–H groups in total. The van der Waals surface area contributed by atoms with Gasteiger partial charge in [-0.1, -0.05) is 0 Å². The monoisotopic (exact) mass is 108 g/mol. The van der Waals surface area contributed by atoms with Crippen LogP contribution in [-0.4, -0.2) is 11.8 Å². The highest BCUT2D eigenvalue weighted by Gasteiger charge is 1.87. The summed E-state index contributed by atoms with van der Waals surface area (Å²) in [6.07, 6.45) is 0. The Labute approximate surface area is 40.4 Å². The van der Waals surface area contributed by atoms with Crippen LogP contribution in [0.3, 0.4) is 0 Å². The van der Waals surface area contributed by atoms with Crippen LogP contribution >= 0.6 is 11.6 Å². The number of hydrogen-bond donors (Lipinski definition) is 2. The predicted octanol–water partition coefficient (Wildman–Crippen LogP) is -0.785. The third-order valence-electron chi connectivity index (χ3n) is 0.282. The summed E-state index contributed by atoms with van der Waals surface area (Å²) in [6, 6.07) is 0. The summed E-state index contributed by atoms with van der Waals surface area (Å²) in [6.45, 7) is 0. The number of nitrogens with one attached hydrogen (secondary N) is 1. The molecule has 0 aromatic rings. The van der Waals surface area contributed by atoms with Crippen LogP contribution in [-0.2, 0) is 4.79 Å². The Balaban J connectivity index is 2.99. The van der Waals surface area contributed by atoms with E-state index < -0.39 is 0 Å². The minimum absolute atomic E-state index is 0.0729. The van der Waals surface area contributed by atoms with Crippen LogP contribution in [0.15, 0.2) is 0 Å². The van der Waals surface area contributed by atoms with Gasteiger partial charge < -0.3 is 0 Å². The first-order valence-electron chi connectivity index (χ1n) is 1.36. The van der Waals surface area contributed by atoms with E-state index in [1.54, 1.807) is 0 Å². The summed E-state index contributed by atoms with van der Waals surface area (Å²) in [5, 5.41) is 0. The van der Waals surface area contributed by atoms with Crippen molar-refractivity contribution in [3.63, 3.8) is 0 Å². The Bertz CT molecular complexity index is 49.5. The second-order valence-electron chi connectivity index (χ2n) is 0.701. The van der Waals surface area contributed by atoms with Crippen LogP contribution in [0.25, 0.3) is 0 Å². The van der Waals surface area contributed by atoms with Crippen molar-refractivity contribution in [2.45, 2.75) is 0 Å². The van der Waals surface area contributed by atoms with Gasteiger partial charge in [0.15, 0.2) is 0 Å². The number of amides is 1. The van der Waals surface area contributed by atoms with Gasteiger partial charge in [0.2, 0.25) is 5.91 Å². The van der Waals surface area contributed by atoms with Gasteiger partial charge in [-0.3, -0.25) is 10.2 Å². The van der Waals surface area contributed by atoms with Crippen molar-refractivity contribution in [1.29, 1.82) is 0 Å². The second kappa shape index (κ2) is 2.93. The molecule has 0 heterocycles. The van der Waals surface area contributed by atoms with Crippen molar-refractivity contribution >= 4 is 17.5 Å². The molecule has 0 aliphatic heterocycles. The first-order chi connectivity index (χ1) is 2.81. The maximum absolute atomic E-state index is 9.81. The highest BCUT2D eigenvalue weighted by Crippen LogP contribution is 1.67. The van der Waals surface area contributed by atoms with Gasteiger partial charge in [0.25, 0.3) is 0 Å². The molecule has 0 aliphatic carbocycles. The quantitative estimate of drug-likeness (QED) is 0.200. The zero-order valence-electron chi connectivity index (χ0n) is 3.07. The van der Waals surface area contributed by atoms with Gasteiger partial charge in [-0.15, -0.1) is 11.6 Å². The van der Waals surface area contributed by atoms with Gasteiger partial charge in [-0.05, 0) is 0 Å². The number of alkyl halides is 1. The number of carbonyl (C=O) groups excluding carboxylic acids is 1. The van der Waals surface area contributed by atoms with Gasteiger partial charge in [-0.25, -0.2) is 5.84 Å². The SMILES string of the molecule is NNC(=O)CCl. The fraction of sp³-hybridized carbons (Fsp3) is 0.500. The van der Waals surface area contributed by atoms with E-state index in [-0.39, 0.29) is 11.8 Å². The molecular formula is C2H5ClN2O. The summed E-state index contributed by atoms with van der Waals surface area (Å²) >= 11 is 4.96. The van der Waals surface area contributed by atoms with E-state index in [9.17, 15) is 4.79 Å². The van der Waals surface area contributed by atoms with Crippen LogP contribution in [0.1, 0.15) is 0 Å². The number of nitrogens with two attached hydrogens (primary N) is 1. The fourth-order valence-electron chi connectivity index (χ4n) is 0.0386. The Hall–Kier alpha value is -0.280. The topological polar surface area (TPSA) is 55.1 Å². The molecule has 6 heavy (non-hydrogen) atoms. The van der Waals surface area contributed by atoms with Crippen molar-refractivity contribution in [3.8, 4) is 0 Å². The summed E-state index contributed by atoms with van der Waals surface area (Å²) < 4.78 is 0. The molecule has 0 saturated heterocycles. The third kappa shape index (κ3) is 1.99. The number of hydrogen-bond acceptors (Lipinski definition) is 2. The van der Waals surface area contributed by atoms with Crippen LogP contribution in [0, 0.1) is 0 Å². The lowest BCUT2D eigenvalue weighted by Crippen LogP contribution is -2.30. The second-order valence-corrected chi connectivity index (χ2v) is 0.968. The molecule has 0 aromatic heterocycles. The lowest BCUT2D eigenvalue weighted by atomic mass is 10.8. The Morgan fingerprint density at radius 1 is 2.00 bits per heavy atom. The Kier molecular flexibility index (Phi) is 2.80. The normalized spacial score (nSPS) is 7.67. The summed E-state index contributed by atoms with van der Waals surface area (Å²) in [7, 11) is 0.